The highest BCUT2D eigenvalue weighted by molar-refractivity contribution is 5.53. The SMILES string of the molecule is N[C@@H](CO)c1ccc(Oc2ccc(C(F)(F)F)cc2[N+](=O)[O-])c(O)c1. The van der Waals surface area contributed by atoms with Gasteiger partial charge < -0.3 is 20.7 Å². The Kier molecular flexibility index (Phi) is 5.14. The molecule has 2 rings (SSSR count). The van der Waals surface area contributed by atoms with Crippen LogP contribution in [0.3, 0.4) is 0 Å². The zero-order valence-electron chi connectivity index (χ0n) is 12.5. The molecule has 0 aliphatic carbocycles. The second-order valence-corrected chi connectivity index (χ2v) is 5.06. The Morgan fingerprint density at radius 1 is 1.20 bits per heavy atom. The molecule has 0 aliphatic heterocycles. The summed E-state index contributed by atoms with van der Waals surface area (Å²) in [6, 6.07) is 4.87. The Labute approximate surface area is 139 Å². The number of aliphatic hydroxyl groups is 1. The van der Waals surface area contributed by atoms with E-state index in [0.29, 0.717) is 17.7 Å². The monoisotopic (exact) mass is 358 g/mol. The van der Waals surface area contributed by atoms with Crippen LogP contribution in [-0.4, -0.2) is 21.7 Å². The fraction of sp³-hybridized carbons (Fsp3) is 0.200. The Hall–Kier alpha value is -2.85. The maximum atomic E-state index is 12.7. The number of nitro benzene ring substituents is 1. The molecule has 0 spiro atoms. The normalized spacial score (nSPS) is 12.7. The summed E-state index contributed by atoms with van der Waals surface area (Å²) in [6.45, 7) is -0.371. The van der Waals surface area contributed by atoms with Crippen LogP contribution in [0.5, 0.6) is 17.2 Å². The number of phenolic OH excluding ortho intramolecular Hbond substituents is 1. The van der Waals surface area contributed by atoms with Gasteiger partial charge in [-0.15, -0.1) is 0 Å². The number of benzene rings is 2. The summed E-state index contributed by atoms with van der Waals surface area (Å²) in [6.07, 6.45) is -4.74. The van der Waals surface area contributed by atoms with Crippen molar-refractivity contribution in [1.29, 1.82) is 0 Å². The number of hydrogen-bond donors (Lipinski definition) is 3. The van der Waals surface area contributed by atoms with Crippen molar-refractivity contribution < 1.29 is 33.0 Å². The van der Waals surface area contributed by atoms with Gasteiger partial charge in [0.25, 0.3) is 0 Å². The van der Waals surface area contributed by atoms with Gasteiger partial charge in [0.2, 0.25) is 5.75 Å². The van der Waals surface area contributed by atoms with Gasteiger partial charge in [-0.3, -0.25) is 10.1 Å². The average Bonchev–Trinajstić information content (AvgIpc) is 2.55. The van der Waals surface area contributed by atoms with Gasteiger partial charge in [0, 0.05) is 6.07 Å². The van der Waals surface area contributed by atoms with E-state index >= 15 is 0 Å². The molecule has 0 aromatic heterocycles. The zero-order chi connectivity index (χ0) is 18.8. The van der Waals surface area contributed by atoms with E-state index in [1.165, 1.54) is 18.2 Å². The molecule has 0 heterocycles. The molecule has 0 saturated heterocycles. The highest BCUT2D eigenvalue weighted by atomic mass is 19.4. The topological polar surface area (TPSA) is 119 Å². The van der Waals surface area contributed by atoms with E-state index in [0.717, 1.165) is 6.07 Å². The van der Waals surface area contributed by atoms with Crippen LogP contribution in [0.15, 0.2) is 36.4 Å². The molecule has 0 radical (unpaired) electrons. The lowest BCUT2D eigenvalue weighted by molar-refractivity contribution is -0.385. The van der Waals surface area contributed by atoms with Crippen molar-refractivity contribution in [2.24, 2.45) is 5.73 Å². The summed E-state index contributed by atoms with van der Waals surface area (Å²) in [4.78, 5) is 9.99. The first-order valence-electron chi connectivity index (χ1n) is 6.86. The van der Waals surface area contributed by atoms with E-state index in [2.05, 4.69) is 0 Å². The van der Waals surface area contributed by atoms with E-state index < -0.39 is 39.9 Å². The Balaban J connectivity index is 2.38. The number of nitrogens with zero attached hydrogens (tertiary/aromatic N) is 1. The molecular weight excluding hydrogens is 345 g/mol. The molecule has 10 heteroatoms. The third-order valence-electron chi connectivity index (χ3n) is 3.31. The minimum absolute atomic E-state index is 0.211. The van der Waals surface area contributed by atoms with Crippen molar-refractivity contribution in [3.05, 3.63) is 57.6 Å². The highest BCUT2D eigenvalue weighted by Crippen LogP contribution is 2.40. The van der Waals surface area contributed by atoms with Crippen molar-refractivity contribution in [3.8, 4) is 17.2 Å². The van der Waals surface area contributed by atoms with Gasteiger partial charge in [0.05, 0.1) is 23.1 Å². The minimum atomic E-state index is -4.74. The van der Waals surface area contributed by atoms with Crippen LogP contribution in [0, 0.1) is 10.1 Å². The standard InChI is InChI=1S/C15H13F3N2O5/c16-15(17,18)9-2-4-13(11(6-9)20(23)24)25-14-3-1-8(5-12(14)22)10(19)7-21/h1-6,10,21-22H,7,19H2/t10-/m0/s1. The summed E-state index contributed by atoms with van der Waals surface area (Å²) < 4.78 is 43.2. The Morgan fingerprint density at radius 3 is 2.36 bits per heavy atom. The van der Waals surface area contributed by atoms with Crippen molar-refractivity contribution in [2.75, 3.05) is 6.61 Å². The van der Waals surface area contributed by atoms with Gasteiger partial charge in [-0.05, 0) is 29.8 Å². The lowest BCUT2D eigenvalue weighted by Crippen LogP contribution is -2.14. The first-order chi connectivity index (χ1) is 11.6. The van der Waals surface area contributed by atoms with Crippen molar-refractivity contribution in [3.63, 3.8) is 0 Å². The first kappa shape index (κ1) is 18.5. The lowest BCUT2D eigenvalue weighted by atomic mass is 10.1. The second-order valence-electron chi connectivity index (χ2n) is 5.06. The number of rotatable bonds is 5. The number of halogens is 3. The summed E-state index contributed by atoms with van der Waals surface area (Å²) in [5.41, 5.74) is 3.88. The summed E-state index contributed by atoms with van der Waals surface area (Å²) in [7, 11) is 0. The van der Waals surface area contributed by atoms with Gasteiger partial charge in [0.15, 0.2) is 11.5 Å². The number of hydrogen-bond acceptors (Lipinski definition) is 6. The lowest BCUT2D eigenvalue weighted by Gasteiger charge is -2.13. The molecule has 4 N–H and O–H groups in total. The summed E-state index contributed by atoms with van der Waals surface area (Å²) >= 11 is 0. The average molecular weight is 358 g/mol. The summed E-state index contributed by atoms with van der Waals surface area (Å²) in [5, 5.41) is 29.9. The van der Waals surface area contributed by atoms with Crippen LogP contribution in [-0.2, 0) is 6.18 Å². The van der Waals surface area contributed by atoms with Crippen LogP contribution in [0.25, 0.3) is 0 Å². The molecular formula is C15H13F3N2O5. The number of aromatic hydroxyl groups is 1. The fourth-order valence-electron chi connectivity index (χ4n) is 2.00. The predicted octanol–water partition coefficient (Wildman–Crippen LogP) is 3.10. The number of alkyl halides is 3. The van der Waals surface area contributed by atoms with E-state index in [1.807, 2.05) is 0 Å². The molecule has 1 atom stereocenters. The number of aliphatic hydroxyl groups excluding tert-OH is 1. The predicted molar refractivity (Wildman–Crippen MR) is 80.3 cm³/mol. The van der Waals surface area contributed by atoms with E-state index in [-0.39, 0.29) is 12.4 Å². The molecule has 25 heavy (non-hydrogen) atoms. The van der Waals surface area contributed by atoms with Crippen LogP contribution in [0.2, 0.25) is 0 Å². The number of ether oxygens (including phenoxy) is 1. The van der Waals surface area contributed by atoms with Crippen LogP contribution in [0.4, 0.5) is 18.9 Å². The third-order valence-corrected chi connectivity index (χ3v) is 3.31. The molecule has 0 unspecified atom stereocenters. The second kappa shape index (κ2) is 6.95. The Bertz CT molecular complexity index is 795. The largest absolute Gasteiger partial charge is 0.504 e. The molecule has 2 aromatic carbocycles. The molecule has 134 valence electrons. The van der Waals surface area contributed by atoms with E-state index in [4.69, 9.17) is 15.6 Å². The van der Waals surface area contributed by atoms with Crippen LogP contribution in [0.1, 0.15) is 17.2 Å². The van der Waals surface area contributed by atoms with Crippen LogP contribution < -0.4 is 10.5 Å². The molecule has 7 nitrogen and oxygen atoms in total. The highest BCUT2D eigenvalue weighted by Gasteiger charge is 2.33. The van der Waals surface area contributed by atoms with Crippen LogP contribution >= 0.6 is 0 Å². The van der Waals surface area contributed by atoms with Crippen molar-refractivity contribution >= 4 is 5.69 Å². The molecule has 0 amide bonds. The third kappa shape index (κ3) is 4.17. The zero-order valence-corrected chi connectivity index (χ0v) is 12.5. The quantitative estimate of drug-likeness (QED) is 0.558. The van der Waals surface area contributed by atoms with Gasteiger partial charge >= 0.3 is 11.9 Å². The number of nitrogens with two attached hydrogens (primary N) is 1. The maximum absolute atomic E-state index is 12.7. The molecule has 2 aromatic rings. The number of nitro groups is 1. The molecule has 0 fully saturated rings. The molecule has 0 aliphatic rings. The van der Waals surface area contributed by atoms with Gasteiger partial charge in [0.1, 0.15) is 0 Å². The van der Waals surface area contributed by atoms with Gasteiger partial charge in [-0.2, -0.15) is 13.2 Å². The maximum Gasteiger partial charge on any atom is 0.416 e. The van der Waals surface area contributed by atoms with Gasteiger partial charge in [-0.25, -0.2) is 0 Å². The van der Waals surface area contributed by atoms with Crippen molar-refractivity contribution in [2.45, 2.75) is 12.2 Å². The number of phenols is 1. The first-order valence-corrected chi connectivity index (χ1v) is 6.86. The van der Waals surface area contributed by atoms with E-state index in [1.54, 1.807) is 0 Å². The molecule has 0 bridgehead atoms. The fourth-order valence-corrected chi connectivity index (χ4v) is 2.00. The van der Waals surface area contributed by atoms with Gasteiger partial charge in [-0.1, -0.05) is 6.07 Å². The summed E-state index contributed by atoms with van der Waals surface area (Å²) in [5.74, 6) is -1.11. The Morgan fingerprint density at radius 2 is 1.84 bits per heavy atom. The van der Waals surface area contributed by atoms with Crippen molar-refractivity contribution in [1.82, 2.24) is 0 Å². The smallest absolute Gasteiger partial charge is 0.416 e. The van der Waals surface area contributed by atoms with E-state index in [9.17, 15) is 28.4 Å². The minimum Gasteiger partial charge on any atom is -0.504 e. The molecule has 0 saturated carbocycles.